The summed E-state index contributed by atoms with van der Waals surface area (Å²) in [6.07, 6.45) is 54.5. The molecule has 0 bridgehead atoms. The van der Waals surface area contributed by atoms with Crippen LogP contribution in [0.15, 0.2) is 21.1 Å². The normalized spacial score (nSPS) is 11.6. The molecule has 1 aromatic carbocycles. The van der Waals surface area contributed by atoms with Crippen molar-refractivity contribution in [2.24, 2.45) is 0 Å². The van der Waals surface area contributed by atoms with Crippen molar-refractivity contribution in [1.82, 2.24) is 0 Å². The molecule has 0 unspecified atom stereocenters. The van der Waals surface area contributed by atoms with Gasteiger partial charge in [-0.2, -0.15) is 0 Å². The second-order valence-corrected chi connectivity index (χ2v) is 17.3. The minimum absolute atomic E-state index is 1.22. The molecule has 0 radical (unpaired) electrons. The number of benzene rings is 1. The highest BCUT2D eigenvalue weighted by molar-refractivity contribution is 9.13. The Labute approximate surface area is 320 Å². The maximum atomic E-state index is 3.78. The maximum absolute atomic E-state index is 3.78. The first-order valence-corrected chi connectivity index (χ1v) is 23.7. The van der Waals surface area contributed by atoms with Crippen LogP contribution in [0.4, 0.5) is 0 Å². The molecule has 0 amide bonds. The van der Waals surface area contributed by atoms with Crippen LogP contribution in [0.1, 0.15) is 256 Å². The highest BCUT2D eigenvalue weighted by Gasteiger charge is 2.08. The summed E-state index contributed by atoms with van der Waals surface area (Å²) in [6, 6.07) is 4.81. The molecule has 0 aliphatic carbocycles. The highest BCUT2D eigenvalue weighted by atomic mass is 79.9. The summed E-state index contributed by atoms with van der Waals surface area (Å²) in [5.41, 5.74) is 3.18. The predicted octanol–water partition coefficient (Wildman–Crippen LogP) is 18.4. The Hall–Kier alpha value is 0.180. The molecule has 282 valence electrons. The first kappa shape index (κ1) is 46.2. The van der Waals surface area contributed by atoms with Crippen LogP contribution in [0.3, 0.4) is 0 Å². The van der Waals surface area contributed by atoms with Gasteiger partial charge in [-0.15, -0.1) is 0 Å². The van der Waals surface area contributed by atoms with E-state index >= 15 is 0 Å². The van der Waals surface area contributed by atoms with Gasteiger partial charge >= 0.3 is 0 Å². The van der Waals surface area contributed by atoms with Crippen molar-refractivity contribution in [3.05, 3.63) is 32.2 Å². The molecule has 0 spiro atoms. The molecule has 0 aromatic heterocycles. The van der Waals surface area contributed by atoms with Crippen molar-refractivity contribution in [2.45, 2.75) is 258 Å². The van der Waals surface area contributed by atoms with Gasteiger partial charge in [0.15, 0.2) is 0 Å². The summed E-state index contributed by atoms with van der Waals surface area (Å²) in [7, 11) is 0. The molecule has 1 aromatic rings. The fraction of sp³-hybridized carbons (Fsp3) is 0.870. The number of hydrogen-bond acceptors (Lipinski definition) is 0. The van der Waals surface area contributed by atoms with Gasteiger partial charge in [0.05, 0.1) is 0 Å². The number of rotatable bonds is 38. The van der Waals surface area contributed by atoms with Crippen LogP contribution in [0.5, 0.6) is 0 Å². The Bertz CT molecular complexity index is 721. The zero-order chi connectivity index (χ0) is 34.6. The van der Waals surface area contributed by atoms with Crippen molar-refractivity contribution in [2.75, 3.05) is 0 Å². The molecular formula is C46H84Br2. The van der Waals surface area contributed by atoms with Gasteiger partial charge in [-0.1, -0.05) is 232 Å². The van der Waals surface area contributed by atoms with E-state index in [4.69, 9.17) is 0 Å². The third-order valence-corrected chi connectivity index (χ3v) is 12.7. The van der Waals surface area contributed by atoms with E-state index in [0.717, 1.165) is 0 Å². The van der Waals surface area contributed by atoms with E-state index in [1.165, 1.54) is 253 Å². The minimum Gasteiger partial charge on any atom is -0.0654 e. The van der Waals surface area contributed by atoms with Crippen molar-refractivity contribution in [3.63, 3.8) is 0 Å². The van der Waals surface area contributed by atoms with Crippen molar-refractivity contribution < 1.29 is 0 Å². The van der Waals surface area contributed by atoms with Crippen LogP contribution in [0.25, 0.3) is 0 Å². The standard InChI is InChI=1S/C46H84Br2/c1-3-5-7-9-11-13-15-17-19-21-23-25-27-29-31-33-35-37-39-43-41-45(47)46(48)42-44(43)40-38-36-34-32-30-28-26-24-22-20-18-16-14-12-10-8-6-4-2/h41-42H,3-40H2,1-2H3. The third kappa shape index (κ3) is 29.9. The molecule has 2 heteroatoms. The monoisotopic (exact) mass is 794 g/mol. The fourth-order valence-corrected chi connectivity index (χ4v) is 8.31. The lowest BCUT2D eigenvalue weighted by Crippen LogP contribution is -1.97. The quantitative estimate of drug-likeness (QED) is 0.0585. The highest BCUT2D eigenvalue weighted by Crippen LogP contribution is 2.29. The molecule has 48 heavy (non-hydrogen) atoms. The van der Waals surface area contributed by atoms with Gasteiger partial charge in [0.2, 0.25) is 0 Å². The lowest BCUT2D eigenvalue weighted by Gasteiger charge is -2.12. The molecule has 1 rings (SSSR count). The fourth-order valence-electron chi connectivity index (χ4n) is 7.53. The zero-order valence-electron chi connectivity index (χ0n) is 32.8. The summed E-state index contributed by atoms with van der Waals surface area (Å²) in [6.45, 7) is 4.62. The SMILES string of the molecule is CCCCCCCCCCCCCCCCCCCCc1cc(Br)c(Br)cc1CCCCCCCCCCCCCCCCCCCC. The van der Waals surface area contributed by atoms with Crippen LogP contribution in [-0.2, 0) is 12.8 Å². The first-order valence-electron chi connectivity index (χ1n) is 22.2. The van der Waals surface area contributed by atoms with Crippen LogP contribution in [-0.4, -0.2) is 0 Å². The molecule has 0 nitrogen and oxygen atoms in total. The number of hydrogen-bond donors (Lipinski definition) is 0. The number of halogens is 2. The van der Waals surface area contributed by atoms with E-state index in [1.807, 2.05) is 0 Å². The van der Waals surface area contributed by atoms with E-state index in [0.29, 0.717) is 0 Å². The van der Waals surface area contributed by atoms with E-state index in [9.17, 15) is 0 Å². The largest absolute Gasteiger partial charge is 0.0654 e. The molecule has 0 aliphatic heterocycles. The van der Waals surface area contributed by atoms with E-state index in [2.05, 4.69) is 57.8 Å². The Morgan fingerprint density at radius 2 is 0.438 bits per heavy atom. The maximum Gasteiger partial charge on any atom is 0.0320 e. The molecule has 0 saturated heterocycles. The average Bonchev–Trinajstić information content (AvgIpc) is 3.09. The van der Waals surface area contributed by atoms with Gasteiger partial charge in [-0.25, -0.2) is 0 Å². The molecule has 0 fully saturated rings. The summed E-state index contributed by atoms with van der Waals surface area (Å²) >= 11 is 7.57. The van der Waals surface area contributed by atoms with Crippen LogP contribution >= 0.6 is 31.9 Å². The van der Waals surface area contributed by atoms with Crippen LogP contribution in [0, 0.1) is 0 Å². The predicted molar refractivity (Wildman–Crippen MR) is 227 cm³/mol. The number of aryl methyl sites for hydroxylation is 2. The first-order chi connectivity index (χ1) is 23.7. The van der Waals surface area contributed by atoms with Crippen LogP contribution < -0.4 is 0 Å². The van der Waals surface area contributed by atoms with E-state index in [-0.39, 0.29) is 0 Å². The number of unbranched alkanes of at least 4 members (excludes halogenated alkanes) is 34. The van der Waals surface area contributed by atoms with Gasteiger partial charge in [0.1, 0.15) is 0 Å². The Morgan fingerprint density at radius 3 is 0.625 bits per heavy atom. The Balaban J connectivity index is 1.97. The van der Waals surface area contributed by atoms with Crippen molar-refractivity contribution >= 4 is 31.9 Å². The lowest BCUT2D eigenvalue weighted by molar-refractivity contribution is 0.524. The average molecular weight is 797 g/mol. The Kier molecular flexibility index (Phi) is 35.6. The van der Waals surface area contributed by atoms with Gasteiger partial charge in [-0.05, 0) is 80.8 Å². The lowest BCUT2D eigenvalue weighted by atomic mass is 9.96. The van der Waals surface area contributed by atoms with Crippen molar-refractivity contribution in [1.29, 1.82) is 0 Å². The molecule has 0 aliphatic rings. The second-order valence-electron chi connectivity index (χ2n) is 15.6. The molecular weight excluding hydrogens is 712 g/mol. The molecule has 0 heterocycles. The minimum atomic E-state index is 1.22. The topological polar surface area (TPSA) is 0 Å². The Morgan fingerprint density at radius 1 is 0.271 bits per heavy atom. The van der Waals surface area contributed by atoms with E-state index < -0.39 is 0 Å². The molecule has 0 N–H and O–H groups in total. The molecule has 0 atom stereocenters. The summed E-state index contributed by atoms with van der Waals surface area (Å²) < 4.78 is 2.45. The van der Waals surface area contributed by atoms with E-state index in [1.54, 1.807) is 11.1 Å². The summed E-state index contributed by atoms with van der Waals surface area (Å²) in [4.78, 5) is 0. The van der Waals surface area contributed by atoms with Gasteiger partial charge in [0.25, 0.3) is 0 Å². The van der Waals surface area contributed by atoms with Crippen LogP contribution in [0.2, 0.25) is 0 Å². The third-order valence-electron chi connectivity index (χ3n) is 10.8. The molecule has 0 saturated carbocycles. The van der Waals surface area contributed by atoms with Gasteiger partial charge in [0, 0.05) is 8.95 Å². The second kappa shape index (κ2) is 37.0. The van der Waals surface area contributed by atoms with Crippen molar-refractivity contribution in [3.8, 4) is 0 Å². The summed E-state index contributed by atoms with van der Waals surface area (Å²) in [5.74, 6) is 0. The zero-order valence-corrected chi connectivity index (χ0v) is 36.0. The summed E-state index contributed by atoms with van der Waals surface area (Å²) in [5, 5.41) is 0. The van der Waals surface area contributed by atoms with Gasteiger partial charge < -0.3 is 0 Å². The van der Waals surface area contributed by atoms with Gasteiger partial charge in [-0.3, -0.25) is 0 Å². The smallest absolute Gasteiger partial charge is 0.0320 e.